The molecule has 7 heteroatoms. The van der Waals surface area contributed by atoms with Crippen LogP contribution in [-0.2, 0) is 6.18 Å². The van der Waals surface area contributed by atoms with Crippen molar-refractivity contribution in [1.82, 2.24) is 4.98 Å². The smallest absolute Gasteiger partial charge is 0.366 e. The number of hydrogen-bond donors (Lipinski definition) is 1. The number of rotatable bonds is 4. The number of halogens is 3. The highest BCUT2D eigenvalue weighted by Gasteiger charge is 2.33. The molecule has 0 aromatic carbocycles. The monoisotopic (exact) mass is 315 g/mol. The molecule has 0 bridgehead atoms. The van der Waals surface area contributed by atoms with E-state index in [1.165, 1.54) is 6.07 Å². The fraction of sp³-hybridized carbons (Fsp3) is 0.571. The van der Waals surface area contributed by atoms with Gasteiger partial charge in [-0.3, -0.25) is 0 Å². The van der Waals surface area contributed by atoms with E-state index >= 15 is 0 Å². The zero-order chi connectivity index (χ0) is 15.5. The van der Waals surface area contributed by atoms with Crippen molar-refractivity contribution in [1.29, 1.82) is 5.26 Å². The topological polar surface area (TPSA) is 48.7 Å². The second-order valence-electron chi connectivity index (χ2n) is 4.93. The predicted molar refractivity (Wildman–Crippen MR) is 77.1 cm³/mol. The fourth-order valence-corrected chi connectivity index (χ4v) is 3.61. The van der Waals surface area contributed by atoms with Crippen LogP contribution in [0.3, 0.4) is 0 Å². The number of nitriles is 1. The van der Waals surface area contributed by atoms with Crippen LogP contribution < -0.4 is 5.32 Å². The van der Waals surface area contributed by atoms with Crippen LogP contribution in [0.25, 0.3) is 0 Å². The SMILES string of the molecule is CCSC1CCC(Nc2nc(C(F)(F)F)ccc2C#N)C1. The Morgan fingerprint density at radius 1 is 1.43 bits per heavy atom. The quantitative estimate of drug-likeness (QED) is 0.910. The number of aromatic nitrogens is 1. The molecule has 1 saturated carbocycles. The summed E-state index contributed by atoms with van der Waals surface area (Å²) in [6, 6.07) is 3.98. The molecule has 2 rings (SSSR count). The first-order chi connectivity index (χ1) is 9.94. The number of pyridine rings is 1. The van der Waals surface area contributed by atoms with E-state index < -0.39 is 11.9 Å². The Hall–Kier alpha value is -1.42. The van der Waals surface area contributed by atoms with E-state index in [-0.39, 0.29) is 17.4 Å². The lowest BCUT2D eigenvalue weighted by Gasteiger charge is -2.16. The molecule has 0 radical (unpaired) electrons. The molecule has 1 aliphatic carbocycles. The first-order valence-corrected chi connectivity index (χ1v) is 7.85. The van der Waals surface area contributed by atoms with Crippen molar-refractivity contribution in [3.8, 4) is 6.07 Å². The molecule has 1 aliphatic rings. The predicted octanol–water partition coefficient (Wildman–Crippen LogP) is 4.06. The highest BCUT2D eigenvalue weighted by molar-refractivity contribution is 7.99. The van der Waals surface area contributed by atoms with Gasteiger partial charge in [-0.15, -0.1) is 0 Å². The van der Waals surface area contributed by atoms with Crippen LogP contribution >= 0.6 is 11.8 Å². The summed E-state index contributed by atoms with van der Waals surface area (Å²) in [6.45, 7) is 2.09. The number of nitrogens with zero attached hydrogens (tertiary/aromatic N) is 2. The van der Waals surface area contributed by atoms with Crippen molar-refractivity contribution in [3.63, 3.8) is 0 Å². The molecule has 0 amide bonds. The summed E-state index contributed by atoms with van der Waals surface area (Å²) >= 11 is 1.87. The van der Waals surface area contributed by atoms with Crippen molar-refractivity contribution >= 4 is 17.6 Å². The minimum absolute atomic E-state index is 0.0412. The summed E-state index contributed by atoms with van der Waals surface area (Å²) < 4.78 is 38.1. The molecule has 114 valence electrons. The van der Waals surface area contributed by atoms with Crippen molar-refractivity contribution in [2.24, 2.45) is 0 Å². The maximum absolute atomic E-state index is 12.7. The second kappa shape index (κ2) is 6.56. The van der Waals surface area contributed by atoms with Crippen LogP contribution in [-0.4, -0.2) is 22.0 Å². The molecule has 1 aromatic heterocycles. The van der Waals surface area contributed by atoms with Gasteiger partial charge in [-0.05, 0) is 37.1 Å². The summed E-state index contributed by atoms with van der Waals surface area (Å²) in [5, 5.41) is 12.6. The highest BCUT2D eigenvalue weighted by Crippen LogP contribution is 2.33. The van der Waals surface area contributed by atoms with Crippen molar-refractivity contribution in [3.05, 3.63) is 23.4 Å². The average molecular weight is 315 g/mol. The highest BCUT2D eigenvalue weighted by atomic mass is 32.2. The van der Waals surface area contributed by atoms with Crippen LogP contribution in [0.2, 0.25) is 0 Å². The molecule has 21 heavy (non-hydrogen) atoms. The molecule has 0 aliphatic heterocycles. The van der Waals surface area contributed by atoms with Gasteiger partial charge >= 0.3 is 6.18 Å². The van der Waals surface area contributed by atoms with Gasteiger partial charge in [0.1, 0.15) is 17.6 Å². The van der Waals surface area contributed by atoms with Gasteiger partial charge in [0.25, 0.3) is 0 Å². The lowest BCUT2D eigenvalue weighted by Crippen LogP contribution is -2.19. The molecular formula is C14H16F3N3S. The van der Waals surface area contributed by atoms with Crippen molar-refractivity contribution in [2.75, 3.05) is 11.1 Å². The van der Waals surface area contributed by atoms with Crippen molar-refractivity contribution < 1.29 is 13.2 Å². The van der Waals surface area contributed by atoms with Gasteiger partial charge < -0.3 is 5.32 Å². The van der Waals surface area contributed by atoms with Crippen LogP contribution in [0.5, 0.6) is 0 Å². The molecular weight excluding hydrogens is 299 g/mol. The second-order valence-corrected chi connectivity index (χ2v) is 6.51. The van der Waals surface area contributed by atoms with Gasteiger partial charge in [0.15, 0.2) is 0 Å². The average Bonchev–Trinajstić information content (AvgIpc) is 2.85. The Morgan fingerprint density at radius 3 is 2.81 bits per heavy atom. The van der Waals surface area contributed by atoms with Gasteiger partial charge in [0.2, 0.25) is 0 Å². The largest absolute Gasteiger partial charge is 0.433 e. The van der Waals surface area contributed by atoms with Crippen LogP contribution in [0.15, 0.2) is 12.1 Å². The van der Waals surface area contributed by atoms with Crippen molar-refractivity contribution in [2.45, 2.75) is 43.7 Å². The van der Waals surface area contributed by atoms with E-state index in [1.807, 2.05) is 17.8 Å². The van der Waals surface area contributed by atoms with Gasteiger partial charge in [0.05, 0.1) is 5.56 Å². The molecule has 0 saturated heterocycles. The zero-order valence-corrected chi connectivity index (χ0v) is 12.4. The Bertz CT molecular complexity index is 539. The molecule has 3 nitrogen and oxygen atoms in total. The minimum atomic E-state index is -4.50. The normalized spacial score (nSPS) is 22.0. The number of anilines is 1. The summed E-state index contributed by atoms with van der Waals surface area (Å²) in [5.41, 5.74) is -0.823. The third-order valence-electron chi connectivity index (χ3n) is 3.43. The van der Waals surface area contributed by atoms with Crippen LogP contribution in [0.1, 0.15) is 37.4 Å². The van der Waals surface area contributed by atoms with Gasteiger partial charge in [-0.25, -0.2) is 4.98 Å². The van der Waals surface area contributed by atoms with Gasteiger partial charge in [0, 0.05) is 11.3 Å². The van der Waals surface area contributed by atoms with E-state index in [1.54, 1.807) is 0 Å². The third kappa shape index (κ3) is 4.03. The summed E-state index contributed by atoms with van der Waals surface area (Å²) in [5.74, 6) is 1.07. The number of alkyl halides is 3. The molecule has 1 N–H and O–H groups in total. The fourth-order valence-electron chi connectivity index (χ4n) is 2.47. The van der Waals surface area contributed by atoms with Gasteiger partial charge in [-0.1, -0.05) is 6.92 Å². The summed E-state index contributed by atoms with van der Waals surface area (Å²) in [6.07, 6.45) is -1.68. The molecule has 1 aromatic rings. The standard InChI is InChI=1S/C14H16F3N3S/c1-2-21-11-5-4-10(7-11)19-13-9(8-18)3-6-12(20-13)14(15,16)17/h3,6,10-11H,2,4-5,7H2,1H3,(H,19,20). The first-order valence-electron chi connectivity index (χ1n) is 6.80. The number of nitrogens with one attached hydrogen (secondary N) is 1. The summed E-state index contributed by atoms with van der Waals surface area (Å²) in [4.78, 5) is 3.58. The number of hydrogen-bond acceptors (Lipinski definition) is 4. The van der Waals surface area contributed by atoms with Crippen LogP contribution in [0.4, 0.5) is 19.0 Å². The molecule has 2 unspecified atom stereocenters. The zero-order valence-electron chi connectivity index (χ0n) is 11.6. The molecule has 1 fully saturated rings. The molecule has 0 spiro atoms. The van der Waals surface area contributed by atoms with E-state index in [0.29, 0.717) is 5.25 Å². The molecule has 1 heterocycles. The van der Waals surface area contributed by atoms with E-state index in [0.717, 1.165) is 31.1 Å². The van der Waals surface area contributed by atoms with E-state index in [2.05, 4.69) is 17.2 Å². The Kier molecular flexibility index (Phi) is 4.99. The first kappa shape index (κ1) is 16.0. The lowest BCUT2D eigenvalue weighted by molar-refractivity contribution is -0.141. The van der Waals surface area contributed by atoms with Crippen LogP contribution in [0, 0.1) is 11.3 Å². The lowest BCUT2D eigenvalue weighted by atomic mass is 10.2. The van der Waals surface area contributed by atoms with E-state index in [4.69, 9.17) is 5.26 Å². The summed E-state index contributed by atoms with van der Waals surface area (Å²) in [7, 11) is 0. The Balaban J connectivity index is 2.14. The van der Waals surface area contributed by atoms with E-state index in [9.17, 15) is 13.2 Å². The van der Waals surface area contributed by atoms with Gasteiger partial charge in [-0.2, -0.15) is 30.2 Å². The maximum Gasteiger partial charge on any atom is 0.433 e. The Labute approximate surface area is 125 Å². The molecule has 2 atom stereocenters. The minimum Gasteiger partial charge on any atom is -0.366 e. The maximum atomic E-state index is 12.7. The third-order valence-corrected chi connectivity index (χ3v) is 4.67. The number of thioether (sulfide) groups is 1. The Morgan fingerprint density at radius 2 is 2.19 bits per heavy atom.